The molecule has 9 heteroatoms. The quantitative estimate of drug-likeness (QED) is 0.911. The number of aliphatic carboxylic acids is 1. The third-order valence-electron chi connectivity index (χ3n) is 3.35. The fourth-order valence-corrected chi connectivity index (χ4v) is 2.24. The van der Waals surface area contributed by atoms with Gasteiger partial charge in [-0.25, -0.2) is 0 Å². The lowest BCUT2D eigenvalue weighted by molar-refractivity contribution is -0.146. The number of aromatic nitrogens is 2. The summed E-state index contributed by atoms with van der Waals surface area (Å²) in [5, 5.41) is 12.2. The van der Waals surface area contributed by atoms with E-state index < -0.39 is 29.7 Å². The first-order valence-corrected chi connectivity index (χ1v) is 6.38. The lowest BCUT2D eigenvalue weighted by Crippen LogP contribution is -2.43. The largest absolute Gasteiger partial charge is 0.481 e. The molecule has 1 fully saturated rings. The summed E-state index contributed by atoms with van der Waals surface area (Å²) in [5.74, 6) is -2.02. The van der Waals surface area contributed by atoms with Gasteiger partial charge in [0.15, 0.2) is 5.69 Å². The molecule has 1 aliphatic rings. The molecule has 6 nitrogen and oxygen atoms in total. The van der Waals surface area contributed by atoms with E-state index in [0.29, 0.717) is 19.4 Å². The number of piperidine rings is 1. The number of carboxylic acids is 1. The lowest BCUT2D eigenvalue weighted by atomic mass is 9.98. The van der Waals surface area contributed by atoms with Crippen LogP contribution in [0.1, 0.15) is 18.5 Å². The Morgan fingerprint density at radius 2 is 2.14 bits per heavy atom. The van der Waals surface area contributed by atoms with E-state index in [0.717, 1.165) is 16.9 Å². The Morgan fingerprint density at radius 3 is 2.71 bits per heavy atom. The normalized spacial score (nSPS) is 19.6. The highest BCUT2D eigenvalue weighted by Gasteiger charge is 2.34. The Kier molecular flexibility index (Phi) is 4.19. The van der Waals surface area contributed by atoms with Crippen LogP contribution >= 0.6 is 0 Å². The zero-order chi connectivity index (χ0) is 15.6. The summed E-state index contributed by atoms with van der Waals surface area (Å²) in [6, 6.07) is 0.795. The van der Waals surface area contributed by atoms with E-state index in [1.165, 1.54) is 4.90 Å². The van der Waals surface area contributed by atoms with E-state index >= 15 is 0 Å². The molecule has 0 unspecified atom stereocenters. The molecule has 1 aromatic heterocycles. The summed E-state index contributed by atoms with van der Waals surface area (Å²) in [6.45, 7) is 0.167. The molecule has 1 saturated heterocycles. The van der Waals surface area contributed by atoms with Gasteiger partial charge in [0.1, 0.15) is 6.54 Å². The van der Waals surface area contributed by atoms with Gasteiger partial charge in [-0.1, -0.05) is 0 Å². The number of carboxylic acid groups (broad SMARTS) is 1. The molecule has 1 aromatic rings. The molecular formula is C12H14F3N3O3. The van der Waals surface area contributed by atoms with Crippen molar-refractivity contribution >= 4 is 11.9 Å². The topological polar surface area (TPSA) is 75.4 Å². The summed E-state index contributed by atoms with van der Waals surface area (Å²) in [5.41, 5.74) is -1.06. The minimum atomic E-state index is -4.55. The molecule has 1 amide bonds. The standard InChI is InChI=1S/C12H14F3N3O3/c13-12(14,15)9-3-5-18(16-9)7-10(19)17-4-1-2-8(6-17)11(20)21/h3,5,8H,1-2,4,6-7H2,(H,20,21)/t8-/m1/s1. The predicted octanol–water partition coefficient (Wildman–Crippen LogP) is 1.23. The molecule has 0 saturated carbocycles. The Hall–Kier alpha value is -2.06. The Balaban J connectivity index is 1.98. The molecular weight excluding hydrogens is 291 g/mol. The number of hydrogen-bond donors (Lipinski definition) is 1. The van der Waals surface area contributed by atoms with Crippen LogP contribution in [0.15, 0.2) is 12.3 Å². The van der Waals surface area contributed by atoms with Gasteiger partial charge < -0.3 is 10.0 Å². The Morgan fingerprint density at radius 1 is 1.43 bits per heavy atom. The highest BCUT2D eigenvalue weighted by molar-refractivity contribution is 5.77. The number of carbonyl (C=O) groups excluding carboxylic acids is 1. The molecule has 0 spiro atoms. The van der Waals surface area contributed by atoms with Crippen molar-refractivity contribution in [3.8, 4) is 0 Å². The maximum Gasteiger partial charge on any atom is 0.435 e. The van der Waals surface area contributed by atoms with Crippen molar-refractivity contribution in [3.63, 3.8) is 0 Å². The Bertz CT molecular complexity index is 541. The molecule has 1 aliphatic heterocycles. The second-order valence-corrected chi connectivity index (χ2v) is 4.91. The van der Waals surface area contributed by atoms with Crippen molar-refractivity contribution < 1.29 is 27.9 Å². The summed E-state index contributed by atoms with van der Waals surface area (Å²) in [7, 11) is 0. The van der Waals surface area contributed by atoms with Gasteiger partial charge in [0.05, 0.1) is 5.92 Å². The van der Waals surface area contributed by atoms with Crippen LogP contribution in [0.2, 0.25) is 0 Å². The molecule has 2 rings (SSSR count). The summed E-state index contributed by atoms with van der Waals surface area (Å²) >= 11 is 0. The van der Waals surface area contributed by atoms with Crippen molar-refractivity contribution in [1.29, 1.82) is 0 Å². The van der Waals surface area contributed by atoms with Crippen LogP contribution in [0.5, 0.6) is 0 Å². The molecule has 0 bridgehead atoms. The van der Waals surface area contributed by atoms with Gasteiger partial charge in [0, 0.05) is 19.3 Å². The number of nitrogens with zero attached hydrogens (tertiary/aromatic N) is 3. The van der Waals surface area contributed by atoms with Gasteiger partial charge in [0.25, 0.3) is 0 Å². The van der Waals surface area contributed by atoms with Crippen molar-refractivity contribution in [2.75, 3.05) is 13.1 Å². The fourth-order valence-electron chi connectivity index (χ4n) is 2.24. The van der Waals surface area contributed by atoms with Crippen LogP contribution in [0, 0.1) is 5.92 Å². The number of carbonyl (C=O) groups is 2. The maximum absolute atomic E-state index is 12.4. The second-order valence-electron chi connectivity index (χ2n) is 4.91. The van der Waals surface area contributed by atoms with Crippen LogP contribution in [0.25, 0.3) is 0 Å². The van der Waals surface area contributed by atoms with Crippen LogP contribution in [-0.4, -0.2) is 44.8 Å². The van der Waals surface area contributed by atoms with Crippen LogP contribution in [-0.2, 0) is 22.3 Å². The summed E-state index contributed by atoms with van der Waals surface area (Å²) in [4.78, 5) is 24.3. The van der Waals surface area contributed by atoms with Gasteiger partial charge in [-0.15, -0.1) is 0 Å². The highest BCUT2D eigenvalue weighted by Crippen LogP contribution is 2.27. The molecule has 0 radical (unpaired) electrons. The zero-order valence-electron chi connectivity index (χ0n) is 11.0. The van der Waals surface area contributed by atoms with Gasteiger partial charge in [0.2, 0.25) is 5.91 Å². The van der Waals surface area contributed by atoms with Gasteiger partial charge in [-0.3, -0.25) is 14.3 Å². The lowest BCUT2D eigenvalue weighted by Gasteiger charge is -2.30. The van der Waals surface area contributed by atoms with Gasteiger partial charge in [-0.2, -0.15) is 18.3 Å². The SMILES string of the molecule is O=C(O)[C@@H]1CCCN(C(=O)Cn2ccc(C(F)(F)F)n2)C1. The molecule has 1 atom stereocenters. The van der Waals surface area contributed by atoms with Gasteiger partial charge in [-0.05, 0) is 18.9 Å². The predicted molar refractivity (Wildman–Crippen MR) is 64.2 cm³/mol. The minimum Gasteiger partial charge on any atom is -0.481 e. The molecule has 1 N–H and O–H groups in total. The Labute approximate surface area is 118 Å². The van der Waals surface area contributed by atoms with Crippen LogP contribution < -0.4 is 0 Å². The van der Waals surface area contributed by atoms with Crippen LogP contribution in [0.3, 0.4) is 0 Å². The number of alkyl halides is 3. The first-order valence-electron chi connectivity index (χ1n) is 6.38. The zero-order valence-corrected chi connectivity index (χ0v) is 11.0. The van der Waals surface area contributed by atoms with E-state index in [-0.39, 0.29) is 13.1 Å². The number of amides is 1. The third-order valence-corrected chi connectivity index (χ3v) is 3.35. The first kappa shape index (κ1) is 15.3. The smallest absolute Gasteiger partial charge is 0.435 e. The van der Waals surface area contributed by atoms with Crippen LogP contribution in [0.4, 0.5) is 13.2 Å². The van der Waals surface area contributed by atoms with E-state index in [4.69, 9.17) is 5.11 Å². The molecule has 21 heavy (non-hydrogen) atoms. The van der Waals surface area contributed by atoms with E-state index in [2.05, 4.69) is 5.10 Å². The highest BCUT2D eigenvalue weighted by atomic mass is 19.4. The summed E-state index contributed by atoms with van der Waals surface area (Å²) < 4.78 is 38.1. The third kappa shape index (κ3) is 3.73. The average Bonchev–Trinajstić information content (AvgIpc) is 2.87. The molecule has 0 aromatic carbocycles. The second kappa shape index (κ2) is 5.74. The van der Waals surface area contributed by atoms with Crippen molar-refractivity contribution in [2.24, 2.45) is 5.92 Å². The summed E-state index contributed by atoms with van der Waals surface area (Å²) in [6.07, 6.45) is -2.40. The van der Waals surface area contributed by atoms with Crippen molar-refractivity contribution in [3.05, 3.63) is 18.0 Å². The molecule has 2 heterocycles. The maximum atomic E-state index is 12.4. The van der Waals surface area contributed by atoms with E-state index in [1.54, 1.807) is 0 Å². The van der Waals surface area contributed by atoms with Crippen molar-refractivity contribution in [1.82, 2.24) is 14.7 Å². The fraction of sp³-hybridized carbons (Fsp3) is 0.583. The number of halogens is 3. The van der Waals surface area contributed by atoms with E-state index in [9.17, 15) is 22.8 Å². The monoisotopic (exact) mass is 305 g/mol. The molecule has 116 valence electrons. The van der Waals surface area contributed by atoms with E-state index in [1.807, 2.05) is 0 Å². The number of likely N-dealkylation sites (tertiary alicyclic amines) is 1. The average molecular weight is 305 g/mol. The first-order chi connectivity index (χ1) is 9.77. The minimum absolute atomic E-state index is 0.0849. The molecule has 0 aliphatic carbocycles. The van der Waals surface area contributed by atoms with Crippen molar-refractivity contribution in [2.45, 2.75) is 25.6 Å². The number of hydrogen-bond acceptors (Lipinski definition) is 3. The van der Waals surface area contributed by atoms with Gasteiger partial charge >= 0.3 is 12.1 Å². The number of rotatable bonds is 3.